The predicted octanol–water partition coefficient (Wildman–Crippen LogP) is 0.472. The van der Waals surface area contributed by atoms with Crippen molar-refractivity contribution in [3.63, 3.8) is 0 Å². The number of rotatable bonds is 4. The molecule has 0 aliphatic carbocycles. The molecule has 0 aromatic carbocycles. The van der Waals surface area contributed by atoms with Crippen molar-refractivity contribution in [2.45, 2.75) is 13.8 Å². The van der Waals surface area contributed by atoms with Crippen LogP contribution in [0.15, 0.2) is 6.08 Å². The molecular weight excluding hydrogens is 160 g/mol. The summed E-state index contributed by atoms with van der Waals surface area (Å²) in [6.45, 7) is 3.89. The molecule has 1 radical (unpaired) electrons. The Balaban J connectivity index is 3.73. The highest BCUT2D eigenvalue weighted by Gasteiger charge is 1.98. The summed E-state index contributed by atoms with van der Waals surface area (Å²) in [5.41, 5.74) is 0. The van der Waals surface area contributed by atoms with Crippen LogP contribution in [0.25, 0.3) is 0 Å². The minimum Gasteiger partial charge on any atom is -0.463 e. The third-order valence-corrected chi connectivity index (χ3v) is 0.870. The number of hydrogen-bond donors (Lipinski definition) is 0. The molecule has 0 aromatic heterocycles. The fraction of sp³-hybridized carbons (Fsp3) is 0.500. The van der Waals surface area contributed by atoms with Gasteiger partial charge in [-0.15, -0.1) is 0 Å². The SMILES string of the molecule is CCOC(=O)/[C]=C/C(=O)OCC. The van der Waals surface area contributed by atoms with Crippen LogP contribution in [0.1, 0.15) is 13.8 Å². The minimum atomic E-state index is -0.662. The summed E-state index contributed by atoms with van der Waals surface area (Å²) >= 11 is 0. The molecule has 12 heavy (non-hydrogen) atoms. The smallest absolute Gasteiger partial charge is 0.339 e. The predicted molar refractivity (Wildman–Crippen MR) is 41.1 cm³/mol. The molecule has 0 heterocycles. The van der Waals surface area contributed by atoms with Crippen molar-refractivity contribution in [1.29, 1.82) is 0 Å². The van der Waals surface area contributed by atoms with Gasteiger partial charge in [0.1, 0.15) is 0 Å². The second-order valence-electron chi connectivity index (χ2n) is 1.76. The molecule has 0 saturated carbocycles. The molecular formula is C8H11O4. The zero-order chi connectivity index (χ0) is 9.40. The Morgan fingerprint density at radius 2 is 1.83 bits per heavy atom. The van der Waals surface area contributed by atoms with E-state index in [4.69, 9.17) is 0 Å². The van der Waals surface area contributed by atoms with Crippen LogP contribution < -0.4 is 0 Å². The van der Waals surface area contributed by atoms with Crippen LogP contribution in [0, 0.1) is 6.08 Å². The van der Waals surface area contributed by atoms with Crippen molar-refractivity contribution in [2.24, 2.45) is 0 Å². The maximum absolute atomic E-state index is 10.6. The van der Waals surface area contributed by atoms with Crippen LogP contribution in [-0.4, -0.2) is 25.2 Å². The lowest BCUT2D eigenvalue weighted by Gasteiger charge is -1.94. The molecule has 0 N–H and O–H groups in total. The quantitative estimate of drug-likeness (QED) is 0.455. The lowest BCUT2D eigenvalue weighted by atomic mass is 10.5. The summed E-state index contributed by atoms with van der Waals surface area (Å²) in [5, 5.41) is 0. The number of hydrogen-bond acceptors (Lipinski definition) is 4. The third kappa shape index (κ3) is 5.46. The second kappa shape index (κ2) is 6.39. The molecule has 0 fully saturated rings. The summed E-state index contributed by atoms with van der Waals surface area (Å²) in [5.74, 6) is -1.25. The zero-order valence-electron chi connectivity index (χ0n) is 7.12. The largest absolute Gasteiger partial charge is 0.463 e. The van der Waals surface area contributed by atoms with E-state index in [1.165, 1.54) is 0 Å². The van der Waals surface area contributed by atoms with Crippen molar-refractivity contribution in [3.8, 4) is 0 Å². The number of carbonyl (C=O) groups excluding carboxylic acids is 2. The monoisotopic (exact) mass is 171 g/mol. The van der Waals surface area contributed by atoms with Gasteiger partial charge in [0.05, 0.1) is 19.3 Å². The van der Waals surface area contributed by atoms with Crippen molar-refractivity contribution in [2.75, 3.05) is 13.2 Å². The Hall–Kier alpha value is -1.32. The number of carbonyl (C=O) groups is 2. The molecule has 0 unspecified atom stereocenters. The number of ether oxygens (including phenoxy) is 2. The van der Waals surface area contributed by atoms with E-state index in [0.29, 0.717) is 0 Å². The van der Waals surface area contributed by atoms with E-state index in [1.54, 1.807) is 13.8 Å². The van der Waals surface area contributed by atoms with Gasteiger partial charge in [-0.3, -0.25) is 0 Å². The highest BCUT2D eigenvalue weighted by Crippen LogP contribution is 1.83. The zero-order valence-corrected chi connectivity index (χ0v) is 7.12. The highest BCUT2D eigenvalue weighted by molar-refractivity contribution is 5.88. The minimum absolute atomic E-state index is 0.266. The van der Waals surface area contributed by atoms with Gasteiger partial charge < -0.3 is 9.47 Å². The fourth-order valence-corrected chi connectivity index (χ4v) is 0.475. The Labute approximate surface area is 71.2 Å². The molecule has 4 nitrogen and oxygen atoms in total. The van der Waals surface area contributed by atoms with Crippen molar-refractivity contribution < 1.29 is 19.1 Å². The van der Waals surface area contributed by atoms with Gasteiger partial charge in [-0.05, 0) is 13.8 Å². The fourth-order valence-electron chi connectivity index (χ4n) is 0.475. The Bertz CT molecular complexity index is 163. The van der Waals surface area contributed by atoms with Crippen LogP contribution in [0.5, 0.6) is 0 Å². The van der Waals surface area contributed by atoms with Crippen LogP contribution >= 0.6 is 0 Å². The van der Waals surface area contributed by atoms with Gasteiger partial charge in [0, 0.05) is 6.08 Å². The van der Waals surface area contributed by atoms with Crippen LogP contribution in [0.2, 0.25) is 0 Å². The molecule has 0 amide bonds. The normalized spacial score (nSPS) is 9.83. The van der Waals surface area contributed by atoms with E-state index in [9.17, 15) is 9.59 Å². The first-order valence-electron chi connectivity index (χ1n) is 3.64. The lowest BCUT2D eigenvalue weighted by Crippen LogP contribution is -2.04. The van der Waals surface area contributed by atoms with E-state index >= 15 is 0 Å². The Kier molecular flexibility index (Phi) is 5.69. The first kappa shape index (κ1) is 10.7. The summed E-state index contributed by atoms with van der Waals surface area (Å²) in [4.78, 5) is 21.2. The van der Waals surface area contributed by atoms with Gasteiger partial charge in [-0.25, -0.2) is 9.59 Å². The summed E-state index contributed by atoms with van der Waals surface area (Å²) < 4.78 is 8.99. The van der Waals surface area contributed by atoms with E-state index < -0.39 is 11.9 Å². The molecule has 0 atom stereocenters. The van der Waals surface area contributed by atoms with Gasteiger partial charge in [0.25, 0.3) is 0 Å². The van der Waals surface area contributed by atoms with E-state index in [1.807, 2.05) is 0 Å². The van der Waals surface area contributed by atoms with Crippen molar-refractivity contribution >= 4 is 11.9 Å². The maximum atomic E-state index is 10.6. The molecule has 0 spiro atoms. The first-order chi connectivity index (χ1) is 5.70. The summed E-state index contributed by atoms with van der Waals surface area (Å²) in [6.07, 6.45) is 3.03. The van der Waals surface area contributed by atoms with Gasteiger partial charge >= 0.3 is 11.9 Å². The standard InChI is InChI=1S/C8H11O4/c1-3-11-7(9)5-6-8(10)12-4-2/h5H,3-4H2,1-2H3. The Morgan fingerprint density at radius 1 is 1.25 bits per heavy atom. The van der Waals surface area contributed by atoms with E-state index in [0.717, 1.165) is 6.08 Å². The summed E-state index contributed by atoms with van der Waals surface area (Å²) in [7, 11) is 0. The molecule has 0 bridgehead atoms. The van der Waals surface area contributed by atoms with Crippen molar-refractivity contribution in [3.05, 3.63) is 12.2 Å². The van der Waals surface area contributed by atoms with E-state index in [-0.39, 0.29) is 13.2 Å². The molecule has 4 heteroatoms. The molecule has 0 rings (SSSR count). The van der Waals surface area contributed by atoms with Crippen molar-refractivity contribution in [1.82, 2.24) is 0 Å². The molecule has 67 valence electrons. The van der Waals surface area contributed by atoms with E-state index in [2.05, 4.69) is 15.5 Å². The molecule has 0 aliphatic rings. The van der Waals surface area contributed by atoms with Gasteiger partial charge in [-0.2, -0.15) is 0 Å². The number of esters is 2. The Morgan fingerprint density at radius 3 is 2.33 bits per heavy atom. The topological polar surface area (TPSA) is 52.6 Å². The molecule has 0 aromatic rings. The average Bonchev–Trinajstić information content (AvgIpc) is 2.02. The maximum Gasteiger partial charge on any atom is 0.339 e. The highest BCUT2D eigenvalue weighted by atomic mass is 16.5. The second-order valence-corrected chi connectivity index (χ2v) is 1.76. The van der Waals surface area contributed by atoms with Crippen LogP contribution in [-0.2, 0) is 19.1 Å². The van der Waals surface area contributed by atoms with Crippen LogP contribution in [0.4, 0.5) is 0 Å². The third-order valence-electron chi connectivity index (χ3n) is 0.870. The van der Waals surface area contributed by atoms with Crippen LogP contribution in [0.3, 0.4) is 0 Å². The van der Waals surface area contributed by atoms with Gasteiger partial charge in [0.2, 0.25) is 0 Å². The first-order valence-corrected chi connectivity index (χ1v) is 3.64. The molecule has 0 saturated heterocycles. The average molecular weight is 171 g/mol. The van der Waals surface area contributed by atoms with Gasteiger partial charge in [-0.1, -0.05) is 0 Å². The summed E-state index contributed by atoms with van der Waals surface area (Å²) in [6, 6.07) is 0. The lowest BCUT2D eigenvalue weighted by molar-refractivity contribution is -0.140. The molecule has 0 aliphatic heterocycles. The van der Waals surface area contributed by atoms with Gasteiger partial charge in [0.15, 0.2) is 0 Å².